The monoisotopic (exact) mass is 202 g/mol. The number of hydrogen-bond donors (Lipinski definition) is 1. The Morgan fingerprint density at radius 2 is 1.86 bits per heavy atom. The first-order valence-electron chi connectivity index (χ1n) is 5.72. The molecule has 0 heterocycles. The molecular weight excluding hydrogens is 176 g/mol. The van der Waals surface area contributed by atoms with E-state index in [-0.39, 0.29) is 0 Å². The van der Waals surface area contributed by atoms with Crippen LogP contribution in [0.15, 0.2) is 0 Å². The molecule has 0 bridgehead atoms. The fourth-order valence-corrected chi connectivity index (χ4v) is 1.38. The second kappa shape index (κ2) is 11.0. The zero-order valence-electron chi connectivity index (χ0n) is 10.0. The van der Waals surface area contributed by atoms with E-state index in [2.05, 4.69) is 24.2 Å². The highest BCUT2D eigenvalue weighted by molar-refractivity contribution is 4.49. The van der Waals surface area contributed by atoms with Gasteiger partial charge in [-0.05, 0) is 46.4 Å². The molecule has 0 aliphatic rings. The molecule has 0 aliphatic carbocycles. The lowest BCUT2D eigenvalue weighted by Gasteiger charge is -2.14. The maximum atomic E-state index is 5.50. The van der Waals surface area contributed by atoms with Crippen molar-refractivity contribution in [2.75, 3.05) is 46.9 Å². The van der Waals surface area contributed by atoms with E-state index in [9.17, 15) is 0 Å². The number of ether oxygens (including phenoxy) is 1. The summed E-state index contributed by atoms with van der Waals surface area (Å²) in [7, 11) is 4.14. The zero-order valence-corrected chi connectivity index (χ0v) is 10.0. The highest BCUT2D eigenvalue weighted by Gasteiger charge is 1.95. The van der Waals surface area contributed by atoms with Gasteiger partial charge in [0.15, 0.2) is 0 Å². The van der Waals surface area contributed by atoms with Crippen molar-refractivity contribution in [1.29, 1.82) is 0 Å². The summed E-state index contributed by atoms with van der Waals surface area (Å²) in [6.07, 6.45) is 3.50. The lowest BCUT2D eigenvalue weighted by Crippen LogP contribution is -2.21. The number of nitrogens with zero attached hydrogens (tertiary/aromatic N) is 1. The van der Waals surface area contributed by atoms with Gasteiger partial charge in [-0.25, -0.2) is 0 Å². The van der Waals surface area contributed by atoms with Crippen LogP contribution < -0.4 is 5.32 Å². The Balaban J connectivity index is 2.98. The van der Waals surface area contributed by atoms with Crippen LogP contribution in [0.25, 0.3) is 0 Å². The SMILES string of the molecule is CCCN(C)CCCOCCCNC. The van der Waals surface area contributed by atoms with Crippen LogP contribution in [0.1, 0.15) is 26.2 Å². The zero-order chi connectivity index (χ0) is 10.6. The van der Waals surface area contributed by atoms with Gasteiger partial charge < -0.3 is 15.0 Å². The van der Waals surface area contributed by atoms with E-state index in [1.807, 2.05) is 7.05 Å². The third-order valence-electron chi connectivity index (χ3n) is 2.15. The molecule has 3 heteroatoms. The molecule has 0 spiro atoms. The Hall–Kier alpha value is -0.120. The molecule has 0 aromatic rings. The van der Waals surface area contributed by atoms with Gasteiger partial charge >= 0.3 is 0 Å². The van der Waals surface area contributed by atoms with Crippen molar-refractivity contribution in [2.45, 2.75) is 26.2 Å². The smallest absolute Gasteiger partial charge is 0.0478 e. The third kappa shape index (κ3) is 9.96. The molecule has 0 rings (SSSR count). The fourth-order valence-electron chi connectivity index (χ4n) is 1.38. The standard InChI is InChI=1S/C11H26N2O/c1-4-8-13(3)9-6-11-14-10-5-7-12-2/h12H,4-11H2,1-3H3. The first-order valence-corrected chi connectivity index (χ1v) is 5.72. The first-order chi connectivity index (χ1) is 6.81. The van der Waals surface area contributed by atoms with Crippen molar-refractivity contribution in [3.8, 4) is 0 Å². The molecule has 14 heavy (non-hydrogen) atoms. The number of hydrogen-bond acceptors (Lipinski definition) is 3. The summed E-state index contributed by atoms with van der Waals surface area (Å²) in [5.74, 6) is 0. The molecule has 0 saturated carbocycles. The Kier molecular flexibility index (Phi) is 10.9. The largest absolute Gasteiger partial charge is 0.381 e. The van der Waals surface area contributed by atoms with E-state index in [4.69, 9.17) is 4.74 Å². The minimum absolute atomic E-state index is 0.887. The quantitative estimate of drug-likeness (QED) is 0.541. The molecule has 0 unspecified atom stereocenters. The van der Waals surface area contributed by atoms with Crippen molar-refractivity contribution in [3.63, 3.8) is 0 Å². The summed E-state index contributed by atoms with van der Waals surface area (Å²) in [5, 5.41) is 3.11. The summed E-state index contributed by atoms with van der Waals surface area (Å²) in [4.78, 5) is 2.36. The molecule has 86 valence electrons. The van der Waals surface area contributed by atoms with Crippen molar-refractivity contribution in [2.24, 2.45) is 0 Å². The topological polar surface area (TPSA) is 24.5 Å². The molecule has 0 fully saturated rings. The molecule has 0 atom stereocenters. The maximum absolute atomic E-state index is 5.50. The van der Waals surface area contributed by atoms with Crippen LogP contribution in [0.4, 0.5) is 0 Å². The average Bonchev–Trinajstić information content (AvgIpc) is 2.17. The van der Waals surface area contributed by atoms with Crippen LogP contribution in [0.5, 0.6) is 0 Å². The second-order valence-corrected chi connectivity index (χ2v) is 3.73. The second-order valence-electron chi connectivity index (χ2n) is 3.73. The van der Waals surface area contributed by atoms with Crippen LogP contribution in [0, 0.1) is 0 Å². The Labute approximate surface area is 88.8 Å². The van der Waals surface area contributed by atoms with Gasteiger partial charge in [0, 0.05) is 19.8 Å². The predicted molar refractivity (Wildman–Crippen MR) is 61.8 cm³/mol. The molecule has 0 radical (unpaired) electrons. The summed E-state index contributed by atoms with van der Waals surface area (Å²) in [5.41, 5.74) is 0. The van der Waals surface area contributed by atoms with Gasteiger partial charge in [-0.3, -0.25) is 0 Å². The minimum Gasteiger partial charge on any atom is -0.381 e. The van der Waals surface area contributed by atoms with Crippen LogP contribution in [0.3, 0.4) is 0 Å². The van der Waals surface area contributed by atoms with E-state index in [0.717, 1.165) is 39.1 Å². The lowest BCUT2D eigenvalue weighted by molar-refractivity contribution is 0.122. The Bertz CT molecular complexity index is 109. The summed E-state index contributed by atoms with van der Waals surface area (Å²) in [6.45, 7) is 7.40. The van der Waals surface area contributed by atoms with Crippen molar-refractivity contribution in [1.82, 2.24) is 10.2 Å². The molecule has 0 amide bonds. The summed E-state index contributed by atoms with van der Waals surface area (Å²) in [6, 6.07) is 0. The van der Waals surface area contributed by atoms with E-state index < -0.39 is 0 Å². The van der Waals surface area contributed by atoms with Crippen molar-refractivity contribution >= 4 is 0 Å². The lowest BCUT2D eigenvalue weighted by atomic mass is 10.4. The molecule has 3 nitrogen and oxygen atoms in total. The van der Waals surface area contributed by atoms with E-state index >= 15 is 0 Å². The molecule has 0 saturated heterocycles. The average molecular weight is 202 g/mol. The molecule has 0 aromatic carbocycles. The van der Waals surface area contributed by atoms with Gasteiger partial charge in [0.2, 0.25) is 0 Å². The highest BCUT2D eigenvalue weighted by Crippen LogP contribution is 1.91. The fraction of sp³-hybridized carbons (Fsp3) is 1.00. The molecule has 0 aromatic heterocycles. The van der Waals surface area contributed by atoms with Gasteiger partial charge in [0.25, 0.3) is 0 Å². The van der Waals surface area contributed by atoms with E-state index in [1.54, 1.807) is 0 Å². The molecule has 1 N–H and O–H groups in total. The molecular formula is C11H26N2O. The maximum Gasteiger partial charge on any atom is 0.0478 e. The van der Waals surface area contributed by atoms with Gasteiger partial charge in [-0.1, -0.05) is 6.92 Å². The van der Waals surface area contributed by atoms with E-state index in [1.165, 1.54) is 13.0 Å². The van der Waals surface area contributed by atoms with Crippen molar-refractivity contribution in [3.05, 3.63) is 0 Å². The number of nitrogens with one attached hydrogen (secondary N) is 1. The first kappa shape index (κ1) is 13.9. The predicted octanol–water partition coefficient (Wildman–Crippen LogP) is 1.34. The van der Waals surface area contributed by atoms with Gasteiger partial charge in [0.05, 0.1) is 0 Å². The van der Waals surface area contributed by atoms with Gasteiger partial charge in [0.1, 0.15) is 0 Å². The highest BCUT2D eigenvalue weighted by atomic mass is 16.5. The van der Waals surface area contributed by atoms with Gasteiger partial charge in [-0.2, -0.15) is 0 Å². The van der Waals surface area contributed by atoms with Crippen LogP contribution in [0.2, 0.25) is 0 Å². The summed E-state index contributed by atoms with van der Waals surface area (Å²) >= 11 is 0. The van der Waals surface area contributed by atoms with Crippen LogP contribution in [-0.4, -0.2) is 51.8 Å². The minimum atomic E-state index is 0.887. The third-order valence-corrected chi connectivity index (χ3v) is 2.15. The Morgan fingerprint density at radius 1 is 1.14 bits per heavy atom. The van der Waals surface area contributed by atoms with E-state index in [0.29, 0.717) is 0 Å². The van der Waals surface area contributed by atoms with Gasteiger partial charge in [-0.15, -0.1) is 0 Å². The van der Waals surface area contributed by atoms with Crippen molar-refractivity contribution < 1.29 is 4.74 Å². The van der Waals surface area contributed by atoms with Crippen LogP contribution >= 0.6 is 0 Å². The van der Waals surface area contributed by atoms with Crippen LogP contribution in [-0.2, 0) is 4.74 Å². The molecule has 0 aliphatic heterocycles. The summed E-state index contributed by atoms with van der Waals surface area (Å²) < 4.78 is 5.50. The Morgan fingerprint density at radius 3 is 2.50 bits per heavy atom. The normalized spacial score (nSPS) is 11.1. The number of rotatable bonds is 10.